The topological polar surface area (TPSA) is 64.7 Å². The molecule has 2 aromatic heterocycles. The highest BCUT2D eigenvalue weighted by molar-refractivity contribution is 7.00. The van der Waals surface area contributed by atoms with Gasteiger partial charge in [-0.1, -0.05) is 0 Å². The molecule has 2 heterocycles. The molecule has 0 aliphatic rings. The van der Waals surface area contributed by atoms with E-state index in [0.29, 0.717) is 11.3 Å². The average molecular weight is 152 g/mol. The third-order valence-electron chi connectivity index (χ3n) is 1.13. The van der Waals surface area contributed by atoms with Crippen LogP contribution in [0.25, 0.3) is 11.2 Å². The summed E-state index contributed by atoms with van der Waals surface area (Å²) in [6, 6.07) is 1.76. The molecular formula is C5H4N4S. The van der Waals surface area contributed by atoms with Crippen LogP contribution in [0, 0.1) is 0 Å². The Morgan fingerprint density at radius 1 is 1.40 bits per heavy atom. The minimum atomic E-state index is 0.625. The van der Waals surface area contributed by atoms with Crippen LogP contribution in [0.5, 0.6) is 0 Å². The van der Waals surface area contributed by atoms with Crippen LogP contribution in [0.4, 0.5) is 5.69 Å². The van der Waals surface area contributed by atoms with Crippen LogP contribution in [0.2, 0.25) is 0 Å². The number of hydrogen-bond donors (Lipinski definition) is 1. The zero-order chi connectivity index (χ0) is 6.97. The van der Waals surface area contributed by atoms with Gasteiger partial charge in [0.25, 0.3) is 0 Å². The molecular weight excluding hydrogens is 148 g/mol. The molecule has 0 aromatic carbocycles. The summed E-state index contributed by atoms with van der Waals surface area (Å²) in [7, 11) is 0. The van der Waals surface area contributed by atoms with E-state index in [4.69, 9.17) is 5.73 Å². The Kier molecular flexibility index (Phi) is 1.04. The number of nitrogens with two attached hydrogens (primary N) is 1. The van der Waals surface area contributed by atoms with E-state index in [-0.39, 0.29) is 0 Å². The fraction of sp³-hybridized carbons (Fsp3) is 0. The van der Waals surface area contributed by atoms with Gasteiger partial charge in [0.05, 0.1) is 23.6 Å². The van der Waals surface area contributed by atoms with Crippen LogP contribution in [0.15, 0.2) is 12.3 Å². The normalized spacial score (nSPS) is 10.4. The van der Waals surface area contributed by atoms with Gasteiger partial charge in [0.1, 0.15) is 5.52 Å². The number of nitrogens with zero attached hydrogens (tertiary/aromatic N) is 3. The Morgan fingerprint density at radius 2 is 2.30 bits per heavy atom. The molecule has 0 radical (unpaired) electrons. The Hall–Kier alpha value is -1.23. The van der Waals surface area contributed by atoms with E-state index in [9.17, 15) is 0 Å². The molecule has 0 atom stereocenters. The van der Waals surface area contributed by atoms with Crippen LogP contribution in [-0.4, -0.2) is 13.7 Å². The molecule has 50 valence electrons. The minimum absolute atomic E-state index is 0.625. The van der Waals surface area contributed by atoms with E-state index in [1.54, 1.807) is 12.3 Å². The van der Waals surface area contributed by atoms with Crippen LogP contribution >= 0.6 is 11.7 Å². The van der Waals surface area contributed by atoms with Crippen molar-refractivity contribution in [1.29, 1.82) is 0 Å². The average Bonchev–Trinajstić information content (AvgIpc) is 2.33. The summed E-state index contributed by atoms with van der Waals surface area (Å²) in [5.41, 5.74) is 7.52. The van der Waals surface area contributed by atoms with Gasteiger partial charge in [-0.3, -0.25) is 0 Å². The molecule has 2 N–H and O–H groups in total. The lowest BCUT2D eigenvalue weighted by molar-refractivity contribution is 1.37. The lowest BCUT2D eigenvalue weighted by atomic mass is 10.4. The zero-order valence-corrected chi connectivity index (χ0v) is 5.80. The van der Waals surface area contributed by atoms with Gasteiger partial charge in [-0.2, -0.15) is 8.75 Å². The first-order valence-electron chi connectivity index (χ1n) is 2.70. The summed E-state index contributed by atoms with van der Waals surface area (Å²) in [6.07, 6.45) is 1.57. The summed E-state index contributed by atoms with van der Waals surface area (Å²) < 4.78 is 7.89. The standard InChI is InChI=1S/C5H4N4S/c6-3-1-4-5(7-2-3)9-10-8-4/h1-2H,6H2. The quantitative estimate of drug-likeness (QED) is 0.602. The smallest absolute Gasteiger partial charge is 0.193 e. The number of anilines is 1. The molecule has 0 bridgehead atoms. The monoisotopic (exact) mass is 152 g/mol. The van der Waals surface area contributed by atoms with E-state index in [0.717, 1.165) is 17.2 Å². The first-order chi connectivity index (χ1) is 4.86. The van der Waals surface area contributed by atoms with Crippen molar-refractivity contribution in [2.24, 2.45) is 0 Å². The van der Waals surface area contributed by atoms with Gasteiger partial charge < -0.3 is 5.73 Å². The van der Waals surface area contributed by atoms with Crippen LogP contribution < -0.4 is 5.73 Å². The number of nitrogen functional groups attached to an aromatic ring is 1. The lowest BCUT2D eigenvalue weighted by Crippen LogP contribution is -1.85. The van der Waals surface area contributed by atoms with Gasteiger partial charge in [-0.05, 0) is 6.07 Å². The second-order valence-electron chi connectivity index (χ2n) is 1.88. The summed E-state index contributed by atoms with van der Waals surface area (Å²) in [6.45, 7) is 0. The summed E-state index contributed by atoms with van der Waals surface area (Å²) >= 11 is 1.14. The molecule has 10 heavy (non-hydrogen) atoms. The molecule has 4 nitrogen and oxygen atoms in total. The summed E-state index contributed by atoms with van der Waals surface area (Å²) in [4.78, 5) is 3.95. The molecule has 0 saturated heterocycles. The Bertz CT molecular complexity index is 355. The maximum Gasteiger partial charge on any atom is 0.193 e. The molecule has 2 aromatic rings. The van der Waals surface area contributed by atoms with Gasteiger partial charge in [-0.15, -0.1) is 0 Å². The van der Waals surface area contributed by atoms with E-state index in [2.05, 4.69) is 13.7 Å². The van der Waals surface area contributed by atoms with Gasteiger partial charge in [0.15, 0.2) is 5.65 Å². The number of rotatable bonds is 0. The van der Waals surface area contributed by atoms with E-state index in [1.165, 1.54) is 0 Å². The predicted octanol–water partition coefficient (Wildman–Crippen LogP) is 0.669. The number of pyridine rings is 1. The van der Waals surface area contributed by atoms with Crippen LogP contribution in [0.3, 0.4) is 0 Å². The van der Waals surface area contributed by atoms with Crippen molar-refractivity contribution in [3.63, 3.8) is 0 Å². The molecule has 0 spiro atoms. The highest BCUT2D eigenvalue weighted by Crippen LogP contribution is 2.10. The van der Waals surface area contributed by atoms with E-state index >= 15 is 0 Å². The predicted molar refractivity (Wildman–Crippen MR) is 39.6 cm³/mol. The van der Waals surface area contributed by atoms with Crippen molar-refractivity contribution < 1.29 is 0 Å². The molecule has 2 rings (SSSR count). The van der Waals surface area contributed by atoms with Crippen LogP contribution in [-0.2, 0) is 0 Å². The third-order valence-corrected chi connectivity index (χ3v) is 1.67. The molecule has 0 unspecified atom stereocenters. The van der Waals surface area contributed by atoms with Gasteiger partial charge in [0, 0.05) is 0 Å². The largest absolute Gasteiger partial charge is 0.397 e. The molecule has 0 fully saturated rings. The lowest BCUT2D eigenvalue weighted by Gasteiger charge is -1.87. The summed E-state index contributed by atoms with van der Waals surface area (Å²) in [5.74, 6) is 0. The van der Waals surface area contributed by atoms with E-state index in [1.807, 2.05) is 0 Å². The Labute approximate surface area is 61.0 Å². The van der Waals surface area contributed by atoms with Crippen LogP contribution in [0.1, 0.15) is 0 Å². The molecule has 0 aliphatic carbocycles. The number of fused-ring (bicyclic) bond motifs is 1. The molecule has 0 amide bonds. The molecule has 0 saturated carbocycles. The second-order valence-corrected chi connectivity index (χ2v) is 2.40. The number of hydrogen-bond acceptors (Lipinski definition) is 5. The Balaban J connectivity index is 2.86. The highest BCUT2D eigenvalue weighted by Gasteiger charge is 1.97. The minimum Gasteiger partial charge on any atom is -0.397 e. The van der Waals surface area contributed by atoms with Crippen molar-refractivity contribution in [3.8, 4) is 0 Å². The van der Waals surface area contributed by atoms with Gasteiger partial charge in [-0.25, -0.2) is 4.98 Å². The zero-order valence-electron chi connectivity index (χ0n) is 4.98. The fourth-order valence-corrected chi connectivity index (χ4v) is 1.18. The van der Waals surface area contributed by atoms with Crippen molar-refractivity contribution >= 4 is 28.6 Å². The van der Waals surface area contributed by atoms with Gasteiger partial charge in [0.2, 0.25) is 0 Å². The van der Waals surface area contributed by atoms with Crippen molar-refractivity contribution in [2.75, 3.05) is 5.73 Å². The molecule has 5 heteroatoms. The molecule has 0 aliphatic heterocycles. The van der Waals surface area contributed by atoms with E-state index < -0.39 is 0 Å². The van der Waals surface area contributed by atoms with Gasteiger partial charge >= 0.3 is 0 Å². The number of aromatic nitrogens is 3. The fourth-order valence-electron chi connectivity index (χ4n) is 0.702. The maximum atomic E-state index is 5.46. The third kappa shape index (κ3) is 0.714. The SMILES string of the molecule is Nc1cnc2nsnc2c1. The summed E-state index contributed by atoms with van der Waals surface area (Å²) in [5, 5.41) is 0. The Morgan fingerprint density at radius 3 is 3.20 bits per heavy atom. The first kappa shape index (κ1) is 5.55. The second kappa shape index (κ2) is 1.88. The first-order valence-corrected chi connectivity index (χ1v) is 3.43. The van der Waals surface area contributed by atoms with Crippen molar-refractivity contribution in [3.05, 3.63) is 12.3 Å². The highest BCUT2D eigenvalue weighted by atomic mass is 32.1. The van der Waals surface area contributed by atoms with Crippen molar-refractivity contribution in [2.45, 2.75) is 0 Å². The van der Waals surface area contributed by atoms with Crippen molar-refractivity contribution in [1.82, 2.24) is 13.7 Å². The maximum absolute atomic E-state index is 5.46.